The van der Waals surface area contributed by atoms with Crippen LogP contribution in [0.1, 0.15) is 25.5 Å². The van der Waals surface area contributed by atoms with Gasteiger partial charge in [0, 0.05) is 6.04 Å². The van der Waals surface area contributed by atoms with Crippen LogP contribution in [0.15, 0.2) is 67.3 Å². The van der Waals surface area contributed by atoms with Crippen LogP contribution in [0.3, 0.4) is 0 Å². The molecule has 0 radical (unpaired) electrons. The van der Waals surface area contributed by atoms with Gasteiger partial charge >= 0.3 is 0 Å². The predicted molar refractivity (Wildman–Crippen MR) is 80.4 cm³/mol. The molecule has 0 aliphatic heterocycles. The van der Waals surface area contributed by atoms with E-state index in [0.29, 0.717) is 0 Å². The van der Waals surface area contributed by atoms with Gasteiger partial charge in [-0.05, 0) is 30.5 Å². The van der Waals surface area contributed by atoms with Crippen LogP contribution in [0.4, 0.5) is 0 Å². The van der Waals surface area contributed by atoms with E-state index in [1.807, 2.05) is 19.9 Å². The topological polar surface area (TPSA) is 26.0 Å². The van der Waals surface area contributed by atoms with E-state index < -0.39 is 0 Å². The van der Waals surface area contributed by atoms with Gasteiger partial charge in [-0.25, -0.2) is 0 Å². The summed E-state index contributed by atoms with van der Waals surface area (Å²) in [6.07, 6.45) is 1.75. The molecule has 0 spiro atoms. The Balaban J connectivity index is 0.000000492. The lowest BCUT2D eigenvalue weighted by Crippen LogP contribution is -2.04. The molecule has 0 aromatic heterocycles. The summed E-state index contributed by atoms with van der Waals surface area (Å²) in [6, 6.07) is 18.9. The van der Waals surface area contributed by atoms with Crippen molar-refractivity contribution in [1.82, 2.24) is 0 Å². The van der Waals surface area contributed by atoms with E-state index in [1.54, 1.807) is 6.08 Å². The molecule has 2 aromatic carbocycles. The third kappa shape index (κ3) is 4.19. The Morgan fingerprint density at radius 1 is 0.944 bits per heavy atom. The minimum Gasteiger partial charge on any atom is -0.324 e. The second-order valence-corrected chi connectivity index (χ2v) is 4.18. The van der Waals surface area contributed by atoms with Gasteiger partial charge in [0.05, 0.1) is 0 Å². The molecule has 0 aliphatic carbocycles. The van der Waals surface area contributed by atoms with Gasteiger partial charge in [0.25, 0.3) is 0 Å². The van der Waals surface area contributed by atoms with Crippen LogP contribution >= 0.6 is 0 Å². The van der Waals surface area contributed by atoms with Crippen molar-refractivity contribution in [2.24, 2.45) is 5.73 Å². The summed E-state index contributed by atoms with van der Waals surface area (Å²) in [7, 11) is 0. The van der Waals surface area contributed by atoms with Crippen molar-refractivity contribution in [2.45, 2.75) is 19.9 Å². The van der Waals surface area contributed by atoms with Crippen molar-refractivity contribution < 1.29 is 0 Å². The highest BCUT2D eigenvalue weighted by molar-refractivity contribution is 5.63. The highest BCUT2D eigenvalue weighted by Crippen LogP contribution is 2.20. The molecule has 0 heterocycles. The van der Waals surface area contributed by atoms with Crippen LogP contribution in [-0.2, 0) is 0 Å². The summed E-state index contributed by atoms with van der Waals surface area (Å²) in [5, 5.41) is 0. The number of allylic oxidation sites excluding steroid dienone is 1. The molecule has 0 fully saturated rings. The van der Waals surface area contributed by atoms with Gasteiger partial charge in [-0.2, -0.15) is 0 Å². The second-order valence-electron chi connectivity index (χ2n) is 4.18. The first-order chi connectivity index (χ1) is 8.69. The first-order valence-corrected chi connectivity index (χ1v) is 6.17. The van der Waals surface area contributed by atoms with Crippen molar-refractivity contribution in [3.05, 3.63) is 72.8 Å². The van der Waals surface area contributed by atoms with Crippen LogP contribution in [0.25, 0.3) is 11.1 Å². The van der Waals surface area contributed by atoms with Crippen molar-refractivity contribution in [3.8, 4) is 11.1 Å². The van der Waals surface area contributed by atoms with Crippen molar-refractivity contribution in [2.75, 3.05) is 0 Å². The average molecular weight is 239 g/mol. The van der Waals surface area contributed by atoms with E-state index in [1.165, 1.54) is 16.7 Å². The zero-order valence-electron chi connectivity index (χ0n) is 11.1. The van der Waals surface area contributed by atoms with Crippen LogP contribution in [0.5, 0.6) is 0 Å². The summed E-state index contributed by atoms with van der Waals surface area (Å²) in [6.45, 7) is 7.25. The maximum absolute atomic E-state index is 5.80. The molecule has 1 unspecified atom stereocenters. The van der Waals surface area contributed by atoms with Crippen LogP contribution in [0, 0.1) is 0 Å². The summed E-state index contributed by atoms with van der Waals surface area (Å²) in [4.78, 5) is 0. The Labute approximate surface area is 110 Å². The summed E-state index contributed by atoms with van der Waals surface area (Å²) in [5.74, 6) is 0. The van der Waals surface area contributed by atoms with Gasteiger partial charge in [0.1, 0.15) is 0 Å². The molecule has 0 saturated heterocycles. The number of hydrogen-bond donors (Lipinski definition) is 1. The average Bonchev–Trinajstić information content (AvgIpc) is 2.41. The highest BCUT2D eigenvalue weighted by atomic mass is 14.6. The summed E-state index contributed by atoms with van der Waals surface area (Å²) >= 11 is 0. The fraction of sp³-hybridized carbons (Fsp3) is 0.176. The van der Waals surface area contributed by atoms with Gasteiger partial charge in [-0.3, -0.25) is 0 Å². The Morgan fingerprint density at radius 3 is 1.83 bits per heavy atom. The molecular weight excluding hydrogens is 218 g/mol. The normalized spacial score (nSPS) is 11.1. The van der Waals surface area contributed by atoms with Gasteiger partial charge < -0.3 is 5.73 Å². The Kier molecular flexibility index (Phi) is 5.89. The molecule has 1 heteroatoms. The lowest BCUT2D eigenvalue weighted by atomic mass is 10.0. The second kappa shape index (κ2) is 7.46. The van der Waals surface area contributed by atoms with Crippen molar-refractivity contribution in [3.63, 3.8) is 0 Å². The first-order valence-electron chi connectivity index (χ1n) is 6.17. The largest absolute Gasteiger partial charge is 0.324 e. The van der Waals surface area contributed by atoms with E-state index in [-0.39, 0.29) is 6.04 Å². The third-order valence-electron chi connectivity index (χ3n) is 2.54. The van der Waals surface area contributed by atoms with Gasteiger partial charge in [0.15, 0.2) is 0 Å². The molecule has 1 atom stereocenters. The Hall–Kier alpha value is -1.86. The third-order valence-corrected chi connectivity index (χ3v) is 2.54. The van der Waals surface area contributed by atoms with Crippen molar-refractivity contribution >= 4 is 0 Å². The number of nitrogens with two attached hydrogens (primary N) is 1. The first kappa shape index (κ1) is 14.2. The lowest BCUT2D eigenvalue weighted by Gasteiger charge is -2.06. The van der Waals surface area contributed by atoms with Crippen LogP contribution < -0.4 is 5.73 Å². The summed E-state index contributed by atoms with van der Waals surface area (Å²) < 4.78 is 0. The van der Waals surface area contributed by atoms with Gasteiger partial charge in [-0.1, -0.05) is 60.7 Å². The van der Waals surface area contributed by atoms with Gasteiger partial charge in [0.2, 0.25) is 0 Å². The molecule has 2 N–H and O–H groups in total. The van der Waals surface area contributed by atoms with E-state index in [0.717, 1.165) is 0 Å². The molecule has 94 valence electrons. The number of rotatable bonds is 2. The molecule has 2 aromatic rings. The minimum absolute atomic E-state index is 0.106. The zero-order chi connectivity index (χ0) is 13.4. The van der Waals surface area contributed by atoms with Crippen molar-refractivity contribution in [1.29, 1.82) is 0 Å². The zero-order valence-corrected chi connectivity index (χ0v) is 11.1. The quantitative estimate of drug-likeness (QED) is 0.763. The summed E-state index contributed by atoms with van der Waals surface area (Å²) in [5.41, 5.74) is 9.46. The highest BCUT2D eigenvalue weighted by Gasteiger charge is 1.99. The van der Waals surface area contributed by atoms with Crippen LogP contribution in [0.2, 0.25) is 0 Å². The Morgan fingerprint density at radius 2 is 1.39 bits per heavy atom. The minimum atomic E-state index is 0.106. The fourth-order valence-electron chi connectivity index (χ4n) is 1.61. The Bertz CT molecular complexity index is 455. The monoisotopic (exact) mass is 239 g/mol. The number of hydrogen-bond acceptors (Lipinski definition) is 1. The standard InChI is InChI=1S/C14H15N.C3H6/c1-11(15)12-7-9-14(10-8-12)13-5-3-2-4-6-13;1-3-2/h2-11H,15H2,1H3;3H,1H2,2H3. The fourth-order valence-corrected chi connectivity index (χ4v) is 1.61. The van der Waals surface area contributed by atoms with E-state index in [4.69, 9.17) is 5.73 Å². The van der Waals surface area contributed by atoms with E-state index in [2.05, 4.69) is 55.1 Å². The molecular formula is C17H21N. The maximum Gasteiger partial charge on any atom is 0.0266 e. The molecule has 0 aliphatic rings. The maximum atomic E-state index is 5.80. The molecule has 0 bridgehead atoms. The SMILES string of the molecule is C=CC.CC(N)c1ccc(-c2ccccc2)cc1. The van der Waals surface area contributed by atoms with Crippen LogP contribution in [-0.4, -0.2) is 0 Å². The predicted octanol–water partition coefficient (Wildman–Crippen LogP) is 4.57. The van der Waals surface area contributed by atoms with E-state index >= 15 is 0 Å². The van der Waals surface area contributed by atoms with Gasteiger partial charge in [-0.15, -0.1) is 6.58 Å². The molecule has 0 amide bonds. The molecule has 0 saturated carbocycles. The smallest absolute Gasteiger partial charge is 0.0266 e. The lowest BCUT2D eigenvalue weighted by molar-refractivity contribution is 0.818. The molecule has 1 nitrogen and oxygen atoms in total. The molecule has 2 rings (SSSR count). The molecule has 18 heavy (non-hydrogen) atoms. The number of benzene rings is 2. The van der Waals surface area contributed by atoms with E-state index in [9.17, 15) is 0 Å².